The van der Waals surface area contributed by atoms with Gasteiger partial charge < -0.3 is 16.0 Å². The predicted molar refractivity (Wildman–Crippen MR) is 67.8 cm³/mol. The van der Waals surface area contributed by atoms with Gasteiger partial charge in [0.1, 0.15) is 0 Å². The second-order valence-electron chi connectivity index (χ2n) is 5.52. The molecule has 0 aromatic heterocycles. The normalized spacial score (nSPS) is 21.8. The van der Waals surface area contributed by atoms with E-state index in [4.69, 9.17) is 5.73 Å². The lowest BCUT2D eigenvalue weighted by molar-refractivity contribution is 0.546. The summed E-state index contributed by atoms with van der Waals surface area (Å²) in [6, 6.07) is 4.23. The molecule has 16 heavy (non-hydrogen) atoms. The van der Waals surface area contributed by atoms with Crippen LogP contribution >= 0.6 is 0 Å². The van der Waals surface area contributed by atoms with Crippen LogP contribution in [-0.2, 0) is 12.0 Å². The van der Waals surface area contributed by atoms with E-state index in [1.54, 1.807) is 0 Å². The lowest BCUT2D eigenvalue weighted by Gasteiger charge is -2.21. The van der Waals surface area contributed by atoms with Crippen LogP contribution in [0, 0.1) is 0 Å². The molecule has 0 unspecified atom stereocenters. The highest BCUT2D eigenvalue weighted by molar-refractivity contribution is 5.75. The van der Waals surface area contributed by atoms with E-state index in [2.05, 4.69) is 36.2 Å². The third-order valence-corrected chi connectivity index (χ3v) is 3.75. The quantitative estimate of drug-likeness (QED) is 0.647. The van der Waals surface area contributed by atoms with Crippen molar-refractivity contribution in [2.75, 3.05) is 30.3 Å². The Morgan fingerprint density at radius 2 is 2.19 bits per heavy atom. The minimum Gasteiger partial charge on any atom is -0.398 e. The van der Waals surface area contributed by atoms with Gasteiger partial charge >= 0.3 is 0 Å². The highest BCUT2D eigenvalue weighted by Gasteiger charge is 2.38. The summed E-state index contributed by atoms with van der Waals surface area (Å²) in [6.45, 7) is 8.79. The molecule has 2 aliphatic rings. The molecule has 86 valence electrons. The van der Waals surface area contributed by atoms with Gasteiger partial charge in [0.05, 0.1) is 0 Å². The third kappa shape index (κ3) is 1.24. The van der Waals surface area contributed by atoms with Crippen LogP contribution in [0.3, 0.4) is 0 Å². The zero-order chi connectivity index (χ0) is 11.3. The average Bonchev–Trinajstić information content (AvgIpc) is 2.38. The predicted octanol–water partition coefficient (Wildman–Crippen LogP) is 1.47. The topological polar surface area (TPSA) is 41.3 Å². The number of hydrogen-bond acceptors (Lipinski definition) is 3. The standard InChI is InChI=1S/C13H19N3/c1-13(2)8-16-6-5-15-7-9-3-4-10(14)11(13)12(9)16/h3-4,15H,5-8,14H2,1-2H3. The lowest BCUT2D eigenvalue weighted by Crippen LogP contribution is -2.32. The summed E-state index contributed by atoms with van der Waals surface area (Å²) in [5, 5.41) is 3.46. The number of benzene rings is 1. The van der Waals surface area contributed by atoms with E-state index in [0.29, 0.717) is 0 Å². The van der Waals surface area contributed by atoms with E-state index in [9.17, 15) is 0 Å². The second kappa shape index (κ2) is 3.14. The Morgan fingerprint density at radius 1 is 1.38 bits per heavy atom. The van der Waals surface area contributed by atoms with Crippen molar-refractivity contribution in [3.8, 4) is 0 Å². The van der Waals surface area contributed by atoms with Gasteiger partial charge in [-0.3, -0.25) is 0 Å². The number of hydrogen-bond donors (Lipinski definition) is 2. The summed E-state index contributed by atoms with van der Waals surface area (Å²) in [6.07, 6.45) is 0. The van der Waals surface area contributed by atoms with Crippen LogP contribution in [0.15, 0.2) is 12.1 Å². The molecule has 2 aliphatic heterocycles. The third-order valence-electron chi connectivity index (χ3n) is 3.75. The number of rotatable bonds is 0. The second-order valence-corrected chi connectivity index (χ2v) is 5.52. The molecule has 0 saturated heterocycles. The van der Waals surface area contributed by atoms with E-state index in [1.165, 1.54) is 16.8 Å². The molecule has 0 amide bonds. The van der Waals surface area contributed by atoms with Crippen molar-refractivity contribution in [1.82, 2.24) is 5.32 Å². The molecule has 0 fully saturated rings. The zero-order valence-corrected chi connectivity index (χ0v) is 10.0. The van der Waals surface area contributed by atoms with E-state index in [0.717, 1.165) is 31.9 Å². The van der Waals surface area contributed by atoms with Gasteiger partial charge in [-0.1, -0.05) is 19.9 Å². The summed E-state index contributed by atoms with van der Waals surface area (Å²) in [5.41, 5.74) is 11.4. The van der Waals surface area contributed by atoms with Crippen molar-refractivity contribution >= 4 is 11.4 Å². The van der Waals surface area contributed by atoms with Crippen molar-refractivity contribution in [1.29, 1.82) is 0 Å². The van der Waals surface area contributed by atoms with Gasteiger partial charge in [0.25, 0.3) is 0 Å². The summed E-state index contributed by atoms with van der Waals surface area (Å²) in [4.78, 5) is 2.49. The first-order valence-corrected chi connectivity index (χ1v) is 5.97. The molecule has 1 aromatic carbocycles. The summed E-state index contributed by atoms with van der Waals surface area (Å²) in [5.74, 6) is 0. The smallest absolute Gasteiger partial charge is 0.0472 e. The maximum atomic E-state index is 6.16. The van der Waals surface area contributed by atoms with Gasteiger partial charge in [-0.15, -0.1) is 0 Å². The van der Waals surface area contributed by atoms with E-state index in [1.807, 2.05) is 0 Å². The molecule has 0 saturated carbocycles. The van der Waals surface area contributed by atoms with E-state index < -0.39 is 0 Å². The molecule has 0 radical (unpaired) electrons. The Labute approximate surface area is 96.6 Å². The molecule has 0 aliphatic carbocycles. The Kier molecular flexibility index (Phi) is 1.96. The monoisotopic (exact) mass is 217 g/mol. The molecule has 0 bridgehead atoms. The SMILES string of the molecule is CC1(C)CN2CCNCc3ccc(N)c1c32. The highest BCUT2D eigenvalue weighted by Crippen LogP contribution is 2.46. The van der Waals surface area contributed by atoms with Gasteiger partial charge in [0, 0.05) is 48.5 Å². The maximum Gasteiger partial charge on any atom is 0.0472 e. The zero-order valence-electron chi connectivity index (χ0n) is 10.0. The van der Waals surface area contributed by atoms with Crippen molar-refractivity contribution in [2.45, 2.75) is 25.8 Å². The first kappa shape index (κ1) is 9.97. The number of anilines is 2. The molecular weight excluding hydrogens is 198 g/mol. The minimum absolute atomic E-state index is 0.187. The number of nitrogen functional groups attached to an aromatic ring is 1. The fraction of sp³-hybridized carbons (Fsp3) is 0.538. The molecule has 0 spiro atoms. The molecule has 3 N–H and O–H groups in total. The van der Waals surface area contributed by atoms with Crippen molar-refractivity contribution in [3.05, 3.63) is 23.3 Å². The number of nitrogens with two attached hydrogens (primary N) is 1. The fourth-order valence-electron chi connectivity index (χ4n) is 3.13. The highest BCUT2D eigenvalue weighted by atomic mass is 15.2. The van der Waals surface area contributed by atoms with Gasteiger partial charge in [-0.2, -0.15) is 0 Å². The Bertz CT molecular complexity index is 437. The van der Waals surface area contributed by atoms with Gasteiger partial charge in [0.15, 0.2) is 0 Å². The molecule has 1 aromatic rings. The molecule has 3 heteroatoms. The van der Waals surface area contributed by atoms with Crippen molar-refractivity contribution < 1.29 is 0 Å². The van der Waals surface area contributed by atoms with Crippen LogP contribution in [0.1, 0.15) is 25.0 Å². The molecule has 0 atom stereocenters. The summed E-state index contributed by atoms with van der Waals surface area (Å²) >= 11 is 0. The van der Waals surface area contributed by atoms with Gasteiger partial charge in [0.2, 0.25) is 0 Å². The first-order valence-electron chi connectivity index (χ1n) is 5.97. The van der Waals surface area contributed by atoms with Crippen molar-refractivity contribution in [2.24, 2.45) is 0 Å². The number of nitrogens with zero attached hydrogens (tertiary/aromatic N) is 1. The van der Waals surface area contributed by atoms with Crippen LogP contribution < -0.4 is 16.0 Å². The Hall–Kier alpha value is -1.22. The molecular formula is C13H19N3. The summed E-state index contributed by atoms with van der Waals surface area (Å²) < 4.78 is 0. The van der Waals surface area contributed by atoms with Crippen LogP contribution in [-0.4, -0.2) is 19.6 Å². The Morgan fingerprint density at radius 3 is 3.00 bits per heavy atom. The Balaban J connectivity index is 2.26. The molecule has 3 rings (SSSR count). The largest absolute Gasteiger partial charge is 0.398 e. The van der Waals surface area contributed by atoms with E-state index in [-0.39, 0.29) is 5.41 Å². The van der Waals surface area contributed by atoms with Crippen LogP contribution in [0.5, 0.6) is 0 Å². The molecule has 2 heterocycles. The summed E-state index contributed by atoms with van der Waals surface area (Å²) in [7, 11) is 0. The maximum absolute atomic E-state index is 6.16. The van der Waals surface area contributed by atoms with Crippen LogP contribution in [0.25, 0.3) is 0 Å². The molecule has 3 nitrogen and oxygen atoms in total. The first-order chi connectivity index (χ1) is 7.59. The van der Waals surface area contributed by atoms with Crippen LogP contribution in [0.4, 0.5) is 11.4 Å². The lowest BCUT2D eigenvalue weighted by atomic mass is 9.85. The average molecular weight is 217 g/mol. The fourth-order valence-corrected chi connectivity index (χ4v) is 3.13. The number of nitrogens with one attached hydrogen (secondary N) is 1. The van der Waals surface area contributed by atoms with E-state index >= 15 is 0 Å². The van der Waals surface area contributed by atoms with Gasteiger partial charge in [-0.05, 0) is 11.6 Å². The van der Waals surface area contributed by atoms with Crippen molar-refractivity contribution in [3.63, 3.8) is 0 Å². The minimum atomic E-state index is 0.187. The van der Waals surface area contributed by atoms with Crippen LogP contribution in [0.2, 0.25) is 0 Å². The van der Waals surface area contributed by atoms with Gasteiger partial charge in [-0.25, -0.2) is 0 Å².